The molecule has 0 aliphatic carbocycles. The van der Waals surface area contributed by atoms with Crippen molar-refractivity contribution < 1.29 is 23.9 Å². The average molecular weight is 403 g/mol. The zero-order valence-corrected chi connectivity index (χ0v) is 16.9. The summed E-state index contributed by atoms with van der Waals surface area (Å²) in [6.45, 7) is 4.67. The van der Waals surface area contributed by atoms with E-state index in [1.54, 1.807) is 16.7 Å². The Morgan fingerprint density at radius 2 is 1.76 bits per heavy atom. The van der Waals surface area contributed by atoms with Crippen LogP contribution in [0.4, 0.5) is 9.59 Å². The minimum Gasteiger partial charge on any atom is -0.465 e. The first-order valence-electron chi connectivity index (χ1n) is 10.2. The Labute approximate surface area is 171 Å². The number of likely N-dealkylation sites (tertiary alicyclic amines) is 1. The largest absolute Gasteiger partial charge is 0.465 e. The summed E-state index contributed by atoms with van der Waals surface area (Å²) in [4.78, 5) is 41.9. The number of piperidine rings is 1. The van der Waals surface area contributed by atoms with Gasteiger partial charge in [-0.15, -0.1) is 0 Å². The molecule has 0 aromatic heterocycles. The van der Waals surface area contributed by atoms with E-state index < -0.39 is 0 Å². The molecule has 8 heteroatoms. The third kappa shape index (κ3) is 5.62. The van der Waals surface area contributed by atoms with Crippen LogP contribution in [0.2, 0.25) is 0 Å². The Morgan fingerprint density at radius 1 is 1.03 bits per heavy atom. The molecule has 3 rings (SSSR count). The highest BCUT2D eigenvalue weighted by Gasteiger charge is 2.35. The molecule has 8 nitrogen and oxygen atoms in total. The van der Waals surface area contributed by atoms with Crippen molar-refractivity contribution in [1.82, 2.24) is 14.7 Å². The van der Waals surface area contributed by atoms with Gasteiger partial charge in [0.25, 0.3) is 0 Å². The molecular formula is C21H29N3O5. The predicted molar refractivity (Wildman–Crippen MR) is 106 cm³/mol. The number of amides is 3. The predicted octanol–water partition coefficient (Wildman–Crippen LogP) is 2.48. The number of benzene rings is 1. The van der Waals surface area contributed by atoms with E-state index in [1.165, 1.54) is 0 Å². The number of esters is 1. The molecule has 2 aliphatic rings. The lowest BCUT2D eigenvalue weighted by Crippen LogP contribution is -2.57. The third-order valence-electron chi connectivity index (χ3n) is 5.34. The SMILES string of the molecule is CCOC(=O)CN1CCCN(C2CCN(C(=O)OCc3ccccc3)CC2)C1=O. The quantitative estimate of drug-likeness (QED) is 0.682. The summed E-state index contributed by atoms with van der Waals surface area (Å²) < 4.78 is 10.4. The standard InChI is InChI=1S/C21H29N3O5/c1-2-28-19(25)15-23-11-6-12-24(20(23)26)18-9-13-22(14-10-18)21(27)29-16-17-7-4-3-5-8-17/h3-5,7-8,18H,2,6,9-16H2,1H3. The van der Waals surface area contributed by atoms with Crippen molar-refractivity contribution in [3.05, 3.63) is 35.9 Å². The lowest BCUT2D eigenvalue weighted by Gasteiger charge is -2.42. The molecule has 2 saturated heterocycles. The molecule has 0 N–H and O–H groups in total. The van der Waals surface area contributed by atoms with Gasteiger partial charge in [0.15, 0.2) is 0 Å². The molecule has 0 radical (unpaired) electrons. The number of carbonyl (C=O) groups is 3. The number of urea groups is 1. The molecule has 0 bridgehead atoms. The molecule has 0 spiro atoms. The Morgan fingerprint density at radius 3 is 2.45 bits per heavy atom. The highest BCUT2D eigenvalue weighted by molar-refractivity contribution is 5.81. The van der Waals surface area contributed by atoms with E-state index in [4.69, 9.17) is 9.47 Å². The van der Waals surface area contributed by atoms with E-state index in [-0.39, 0.29) is 37.3 Å². The molecule has 0 atom stereocenters. The van der Waals surface area contributed by atoms with Crippen LogP contribution in [-0.4, -0.2) is 78.2 Å². The van der Waals surface area contributed by atoms with E-state index in [0.717, 1.165) is 12.0 Å². The Kier molecular flexibility index (Phi) is 7.32. The fourth-order valence-corrected chi connectivity index (χ4v) is 3.82. The van der Waals surface area contributed by atoms with Gasteiger partial charge in [-0.2, -0.15) is 0 Å². The molecule has 0 unspecified atom stereocenters. The normalized spacial score (nSPS) is 18.0. The minimum atomic E-state index is -0.376. The summed E-state index contributed by atoms with van der Waals surface area (Å²) in [5.41, 5.74) is 0.955. The fourth-order valence-electron chi connectivity index (χ4n) is 3.82. The zero-order valence-electron chi connectivity index (χ0n) is 16.9. The molecule has 29 heavy (non-hydrogen) atoms. The number of carbonyl (C=O) groups excluding carboxylic acids is 3. The molecular weight excluding hydrogens is 374 g/mol. The number of ether oxygens (including phenoxy) is 2. The van der Waals surface area contributed by atoms with Gasteiger partial charge in [0.2, 0.25) is 0 Å². The minimum absolute atomic E-state index is 0.00612. The second kappa shape index (κ2) is 10.1. The smallest absolute Gasteiger partial charge is 0.410 e. The van der Waals surface area contributed by atoms with Gasteiger partial charge in [0, 0.05) is 32.2 Å². The third-order valence-corrected chi connectivity index (χ3v) is 5.34. The summed E-state index contributed by atoms with van der Waals surface area (Å²) >= 11 is 0. The van der Waals surface area contributed by atoms with Gasteiger partial charge in [-0.05, 0) is 31.7 Å². The van der Waals surface area contributed by atoms with E-state index in [2.05, 4.69) is 0 Å². The van der Waals surface area contributed by atoms with Crippen molar-refractivity contribution in [2.75, 3.05) is 39.3 Å². The molecule has 2 heterocycles. The summed E-state index contributed by atoms with van der Waals surface area (Å²) in [5, 5.41) is 0. The van der Waals surface area contributed by atoms with E-state index in [0.29, 0.717) is 45.6 Å². The van der Waals surface area contributed by atoms with Crippen LogP contribution in [0.5, 0.6) is 0 Å². The van der Waals surface area contributed by atoms with Crippen LogP contribution in [0.3, 0.4) is 0 Å². The van der Waals surface area contributed by atoms with Crippen LogP contribution in [0.15, 0.2) is 30.3 Å². The Balaban J connectivity index is 1.46. The van der Waals surface area contributed by atoms with Gasteiger partial charge >= 0.3 is 18.1 Å². The maximum atomic E-state index is 12.8. The van der Waals surface area contributed by atoms with Crippen molar-refractivity contribution in [3.8, 4) is 0 Å². The first kappa shape index (κ1) is 21.0. The van der Waals surface area contributed by atoms with Gasteiger partial charge < -0.3 is 24.2 Å². The van der Waals surface area contributed by atoms with Crippen LogP contribution < -0.4 is 0 Å². The lowest BCUT2D eigenvalue weighted by atomic mass is 10.0. The zero-order chi connectivity index (χ0) is 20.6. The number of rotatable bonds is 6. The highest BCUT2D eigenvalue weighted by Crippen LogP contribution is 2.22. The Bertz CT molecular complexity index is 704. The van der Waals surface area contributed by atoms with Gasteiger partial charge in [-0.1, -0.05) is 30.3 Å². The van der Waals surface area contributed by atoms with Crippen molar-refractivity contribution in [1.29, 1.82) is 0 Å². The average Bonchev–Trinajstić information content (AvgIpc) is 2.74. The fraction of sp³-hybridized carbons (Fsp3) is 0.571. The van der Waals surface area contributed by atoms with Crippen molar-refractivity contribution in [3.63, 3.8) is 0 Å². The van der Waals surface area contributed by atoms with Crippen LogP contribution in [0.25, 0.3) is 0 Å². The van der Waals surface area contributed by atoms with Gasteiger partial charge in [0.1, 0.15) is 13.2 Å². The van der Waals surface area contributed by atoms with Crippen LogP contribution in [-0.2, 0) is 20.9 Å². The molecule has 1 aromatic carbocycles. The van der Waals surface area contributed by atoms with Crippen LogP contribution in [0.1, 0.15) is 31.7 Å². The number of hydrogen-bond acceptors (Lipinski definition) is 5. The second-order valence-electron chi connectivity index (χ2n) is 7.31. The first-order chi connectivity index (χ1) is 14.1. The number of nitrogens with zero attached hydrogens (tertiary/aromatic N) is 3. The van der Waals surface area contributed by atoms with Crippen molar-refractivity contribution in [2.24, 2.45) is 0 Å². The topological polar surface area (TPSA) is 79.4 Å². The van der Waals surface area contributed by atoms with Gasteiger partial charge in [-0.3, -0.25) is 4.79 Å². The number of hydrogen-bond donors (Lipinski definition) is 0. The second-order valence-corrected chi connectivity index (χ2v) is 7.31. The summed E-state index contributed by atoms with van der Waals surface area (Å²) in [6.07, 6.45) is 1.92. The van der Waals surface area contributed by atoms with E-state index in [1.807, 2.05) is 35.2 Å². The van der Waals surface area contributed by atoms with Crippen molar-refractivity contribution in [2.45, 2.75) is 38.8 Å². The van der Waals surface area contributed by atoms with Gasteiger partial charge in [-0.25, -0.2) is 9.59 Å². The molecule has 2 aliphatic heterocycles. The Hall–Kier alpha value is -2.77. The molecule has 1 aromatic rings. The van der Waals surface area contributed by atoms with Crippen LogP contribution >= 0.6 is 0 Å². The summed E-state index contributed by atoms with van der Waals surface area (Å²) in [6, 6.07) is 9.55. The van der Waals surface area contributed by atoms with Crippen molar-refractivity contribution >= 4 is 18.1 Å². The highest BCUT2D eigenvalue weighted by atomic mass is 16.6. The summed E-state index contributed by atoms with van der Waals surface area (Å²) in [7, 11) is 0. The molecule has 158 valence electrons. The maximum Gasteiger partial charge on any atom is 0.410 e. The van der Waals surface area contributed by atoms with Gasteiger partial charge in [0.05, 0.1) is 6.61 Å². The van der Waals surface area contributed by atoms with Crippen LogP contribution in [0, 0.1) is 0 Å². The van der Waals surface area contributed by atoms with E-state index >= 15 is 0 Å². The summed E-state index contributed by atoms with van der Waals surface area (Å²) in [5.74, 6) is -0.376. The monoisotopic (exact) mass is 403 g/mol. The molecule has 2 fully saturated rings. The van der Waals surface area contributed by atoms with E-state index in [9.17, 15) is 14.4 Å². The molecule has 0 saturated carbocycles. The first-order valence-corrected chi connectivity index (χ1v) is 10.2. The molecule has 3 amide bonds. The maximum absolute atomic E-state index is 12.8. The lowest BCUT2D eigenvalue weighted by molar-refractivity contribution is -0.144.